The molecule has 4 N–H and O–H groups in total. The van der Waals surface area contributed by atoms with Gasteiger partial charge in [-0.2, -0.15) is 0 Å². The molecular weight excluding hydrogens is 228 g/mol. The number of aryl methyl sites for hydroxylation is 1. The lowest BCUT2D eigenvalue weighted by atomic mass is 9.98. The highest BCUT2D eigenvalue weighted by Crippen LogP contribution is 2.36. The van der Waals surface area contributed by atoms with Gasteiger partial charge in [0.15, 0.2) is 0 Å². The van der Waals surface area contributed by atoms with Crippen LogP contribution < -0.4 is 20.9 Å². The van der Waals surface area contributed by atoms with Crippen LogP contribution in [0.4, 0.5) is 0 Å². The Morgan fingerprint density at radius 1 is 1.11 bits per heavy atom. The van der Waals surface area contributed by atoms with Gasteiger partial charge < -0.3 is 20.9 Å². The molecule has 0 aliphatic heterocycles. The largest absolute Gasteiger partial charge is 0.496 e. The van der Waals surface area contributed by atoms with E-state index in [0.29, 0.717) is 6.54 Å². The fraction of sp³-hybridized carbons (Fsp3) is 0.571. The van der Waals surface area contributed by atoms with Gasteiger partial charge in [-0.1, -0.05) is 6.42 Å². The molecule has 4 nitrogen and oxygen atoms in total. The Hall–Kier alpha value is -1.26. The van der Waals surface area contributed by atoms with Crippen LogP contribution in [-0.2, 0) is 0 Å². The van der Waals surface area contributed by atoms with Crippen LogP contribution in [0.3, 0.4) is 0 Å². The van der Waals surface area contributed by atoms with Crippen LogP contribution in [0.2, 0.25) is 0 Å². The van der Waals surface area contributed by atoms with Gasteiger partial charge in [-0.3, -0.25) is 0 Å². The summed E-state index contributed by atoms with van der Waals surface area (Å²) in [6, 6.07) is 3.89. The molecule has 0 unspecified atom stereocenters. The summed E-state index contributed by atoms with van der Waals surface area (Å²) < 4.78 is 10.8. The van der Waals surface area contributed by atoms with Crippen LogP contribution in [0.25, 0.3) is 0 Å². The highest BCUT2D eigenvalue weighted by Gasteiger charge is 2.18. The molecule has 0 aliphatic rings. The summed E-state index contributed by atoms with van der Waals surface area (Å²) in [6.45, 7) is 2.71. The van der Waals surface area contributed by atoms with Crippen molar-refractivity contribution < 1.29 is 9.47 Å². The summed E-state index contributed by atoms with van der Waals surface area (Å²) in [7, 11) is 3.31. The summed E-state index contributed by atoms with van der Waals surface area (Å²) in [6.07, 6.45) is 2.88. The Morgan fingerprint density at radius 3 is 2.11 bits per heavy atom. The van der Waals surface area contributed by atoms with Crippen molar-refractivity contribution in [1.29, 1.82) is 0 Å². The molecule has 0 saturated heterocycles. The van der Waals surface area contributed by atoms with E-state index in [4.69, 9.17) is 20.9 Å². The fourth-order valence-electron chi connectivity index (χ4n) is 2.09. The Labute approximate surface area is 109 Å². The first kappa shape index (κ1) is 14.8. The molecule has 0 heterocycles. The average molecular weight is 252 g/mol. The van der Waals surface area contributed by atoms with Gasteiger partial charge in [-0.15, -0.1) is 0 Å². The van der Waals surface area contributed by atoms with Gasteiger partial charge in [-0.25, -0.2) is 0 Å². The van der Waals surface area contributed by atoms with Crippen molar-refractivity contribution >= 4 is 0 Å². The van der Waals surface area contributed by atoms with E-state index in [2.05, 4.69) is 0 Å². The van der Waals surface area contributed by atoms with E-state index in [9.17, 15) is 0 Å². The molecule has 102 valence electrons. The highest BCUT2D eigenvalue weighted by molar-refractivity contribution is 5.49. The predicted octanol–water partition coefficient (Wildman–Crippen LogP) is 2.14. The molecule has 0 aromatic heterocycles. The number of hydrogen-bond acceptors (Lipinski definition) is 4. The second-order valence-corrected chi connectivity index (χ2v) is 4.47. The van der Waals surface area contributed by atoms with Crippen molar-refractivity contribution in [3.05, 3.63) is 23.3 Å². The number of nitrogens with two attached hydrogens (primary N) is 2. The maximum Gasteiger partial charge on any atom is 0.127 e. The van der Waals surface area contributed by atoms with Gasteiger partial charge in [0.25, 0.3) is 0 Å². The molecule has 0 spiro atoms. The van der Waals surface area contributed by atoms with Gasteiger partial charge in [0, 0.05) is 6.04 Å². The third-order valence-electron chi connectivity index (χ3n) is 3.03. The molecule has 1 aromatic rings. The monoisotopic (exact) mass is 252 g/mol. The third kappa shape index (κ3) is 3.62. The Morgan fingerprint density at radius 2 is 1.67 bits per heavy atom. The van der Waals surface area contributed by atoms with Crippen molar-refractivity contribution in [1.82, 2.24) is 0 Å². The summed E-state index contributed by atoms with van der Waals surface area (Å²) in [4.78, 5) is 0. The summed E-state index contributed by atoms with van der Waals surface area (Å²) in [5, 5.41) is 0. The minimum atomic E-state index is -0.0814. The third-order valence-corrected chi connectivity index (χ3v) is 3.03. The molecule has 1 atom stereocenters. The van der Waals surface area contributed by atoms with Crippen molar-refractivity contribution in [2.75, 3.05) is 20.8 Å². The predicted molar refractivity (Wildman–Crippen MR) is 74.1 cm³/mol. The molecule has 1 aromatic carbocycles. The minimum Gasteiger partial charge on any atom is -0.496 e. The second-order valence-electron chi connectivity index (χ2n) is 4.47. The topological polar surface area (TPSA) is 70.5 Å². The smallest absolute Gasteiger partial charge is 0.127 e. The van der Waals surface area contributed by atoms with E-state index < -0.39 is 0 Å². The van der Waals surface area contributed by atoms with Gasteiger partial charge in [0.1, 0.15) is 11.5 Å². The number of rotatable bonds is 7. The van der Waals surface area contributed by atoms with Gasteiger partial charge in [0.2, 0.25) is 0 Å². The van der Waals surface area contributed by atoms with E-state index in [1.165, 1.54) is 0 Å². The number of methoxy groups -OCH3 is 2. The van der Waals surface area contributed by atoms with Crippen LogP contribution in [-0.4, -0.2) is 20.8 Å². The SMILES string of the molecule is COc1cc(C)cc(OC)c1[C@H](N)CCCCN. The first-order valence-corrected chi connectivity index (χ1v) is 6.32. The Bertz CT molecular complexity index is 355. The van der Waals surface area contributed by atoms with Crippen molar-refractivity contribution in [3.8, 4) is 11.5 Å². The van der Waals surface area contributed by atoms with Crippen molar-refractivity contribution in [2.24, 2.45) is 11.5 Å². The van der Waals surface area contributed by atoms with Gasteiger partial charge in [-0.05, 0) is 44.0 Å². The van der Waals surface area contributed by atoms with Crippen LogP contribution in [0.5, 0.6) is 11.5 Å². The average Bonchev–Trinajstić information content (AvgIpc) is 2.37. The molecule has 18 heavy (non-hydrogen) atoms. The van der Waals surface area contributed by atoms with E-state index in [1.807, 2.05) is 19.1 Å². The highest BCUT2D eigenvalue weighted by atomic mass is 16.5. The Balaban J connectivity index is 2.96. The molecule has 0 aliphatic carbocycles. The maximum atomic E-state index is 6.24. The molecule has 0 amide bonds. The zero-order chi connectivity index (χ0) is 13.5. The van der Waals surface area contributed by atoms with Gasteiger partial charge >= 0.3 is 0 Å². The molecule has 4 heteroatoms. The van der Waals surface area contributed by atoms with Crippen LogP contribution in [0, 0.1) is 6.92 Å². The summed E-state index contributed by atoms with van der Waals surface area (Å²) in [5.74, 6) is 1.60. The molecule has 0 fully saturated rings. The number of hydrogen-bond donors (Lipinski definition) is 2. The quantitative estimate of drug-likeness (QED) is 0.729. The van der Waals surface area contributed by atoms with E-state index in [0.717, 1.165) is 41.9 Å². The van der Waals surface area contributed by atoms with Crippen LogP contribution >= 0.6 is 0 Å². The fourth-order valence-corrected chi connectivity index (χ4v) is 2.09. The zero-order valence-electron chi connectivity index (χ0n) is 11.5. The molecule has 0 radical (unpaired) electrons. The molecule has 0 bridgehead atoms. The number of unbranched alkanes of at least 4 members (excludes halogenated alkanes) is 1. The number of benzene rings is 1. The molecule has 0 saturated carbocycles. The maximum absolute atomic E-state index is 6.24. The van der Waals surface area contributed by atoms with Crippen molar-refractivity contribution in [3.63, 3.8) is 0 Å². The lowest BCUT2D eigenvalue weighted by Crippen LogP contribution is -2.14. The van der Waals surface area contributed by atoms with E-state index in [1.54, 1.807) is 14.2 Å². The number of ether oxygens (including phenoxy) is 2. The van der Waals surface area contributed by atoms with Gasteiger partial charge in [0.05, 0.1) is 19.8 Å². The summed E-state index contributed by atoms with van der Waals surface area (Å²) >= 11 is 0. The second kappa shape index (κ2) is 7.24. The van der Waals surface area contributed by atoms with Crippen LogP contribution in [0.1, 0.15) is 36.4 Å². The Kier molecular flexibility index (Phi) is 5.95. The first-order chi connectivity index (χ1) is 8.63. The zero-order valence-corrected chi connectivity index (χ0v) is 11.5. The van der Waals surface area contributed by atoms with Crippen molar-refractivity contribution in [2.45, 2.75) is 32.2 Å². The molecular formula is C14H24N2O2. The van der Waals surface area contributed by atoms with Crippen LogP contribution in [0.15, 0.2) is 12.1 Å². The lowest BCUT2D eigenvalue weighted by molar-refractivity contribution is 0.375. The first-order valence-electron chi connectivity index (χ1n) is 6.32. The minimum absolute atomic E-state index is 0.0814. The standard InChI is InChI=1S/C14H24N2O2/c1-10-8-12(17-2)14(13(9-10)18-3)11(16)6-4-5-7-15/h8-9,11H,4-7,15-16H2,1-3H3/t11-/m1/s1. The lowest BCUT2D eigenvalue weighted by Gasteiger charge is -2.19. The molecule has 1 rings (SSSR count). The van der Waals surface area contributed by atoms with E-state index >= 15 is 0 Å². The van der Waals surface area contributed by atoms with E-state index in [-0.39, 0.29) is 6.04 Å². The normalized spacial score (nSPS) is 12.3. The summed E-state index contributed by atoms with van der Waals surface area (Å²) in [5.41, 5.74) is 13.8.